The standard InChI is InChI=1S/C16H17NO3/c1-11-9-13(20-15(11)16(18)19)10-17-8-4-6-12-5-2-3-7-14(12)17/h2-3,5,7,9H,4,6,8,10H2,1H3,(H,18,19). The maximum atomic E-state index is 11.0. The lowest BCUT2D eigenvalue weighted by Crippen LogP contribution is -2.28. The number of carboxylic acid groups (broad SMARTS) is 1. The van der Waals surface area contributed by atoms with Gasteiger partial charge in [0.25, 0.3) is 0 Å². The van der Waals surface area contributed by atoms with Gasteiger partial charge in [-0.3, -0.25) is 0 Å². The quantitative estimate of drug-likeness (QED) is 0.931. The number of hydrogen-bond donors (Lipinski definition) is 1. The summed E-state index contributed by atoms with van der Waals surface area (Å²) < 4.78 is 5.45. The predicted molar refractivity (Wildman–Crippen MR) is 76.2 cm³/mol. The molecule has 0 atom stereocenters. The Balaban J connectivity index is 1.86. The molecule has 4 heteroatoms. The highest BCUT2D eigenvalue weighted by atomic mass is 16.4. The first-order chi connectivity index (χ1) is 9.65. The van der Waals surface area contributed by atoms with E-state index in [-0.39, 0.29) is 5.76 Å². The van der Waals surface area contributed by atoms with E-state index in [4.69, 9.17) is 9.52 Å². The average molecular weight is 271 g/mol. The molecule has 1 aromatic carbocycles. The minimum atomic E-state index is -1.01. The van der Waals surface area contributed by atoms with Gasteiger partial charge < -0.3 is 14.4 Å². The summed E-state index contributed by atoms with van der Waals surface area (Å²) in [5, 5.41) is 9.04. The van der Waals surface area contributed by atoms with E-state index in [0.29, 0.717) is 17.9 Å². The van der Waals surface area contributed by atoms with E-state index in [2.05, 4.69) is 23.1 Å². The number of rotatable bonds is 3. The second-order valence-corrected chi connectivity index (χ2v) is 5.18. The Hall–Kier alpha value is -2.23. The molecule has 1 aromatic heterocycles. The van der Waals surface area contributed by atoms with E-state index in [1.807, 2.05) is 12.1 Å². The van der Waals surface area contributed by atoms with Gasteiger partial charge in [-0.25, -0.2) is 4.79 Å². The van der Waals surface area contributed by atoms with Crippen molar-refractivity contribution >= 4 is 11.7 Å². The number of furan rings is 1. The summed E-state index contributed by atoms with van der Waals surface area (Å²) in [5.41, 5.74) is 3.25. The van der Waals surface area contributed by atoms with Gasteiger partial charge in [0.2, 0.25) is 5.76 Å². The maximum absolute atomic E-state index is 11.0. The van der Waals surface area contributed by atoms with Gasteiger partial charge in [-0.2, -0.15) is 0 Å². The number of para-hydroxylation sites is 1. The molecular weight excluding hydrogens is 254 g/mol. The minimum absolute atomic E-state index is 0.0466. The van der Waals surface area contributed by atoms with Crippen LogP contribution >= 0.6 is 0 Å². The SMILES string of the molecule is Cc1cc(CN2CCCc3ccccc32)oc1C(=O)O. The molecule has 0 spiro atoms. The number of hydrogen-bond acceptors (Lipinski definition) is 3. The molecule has 104 valence electrons. The zero-order valence-corrected chi connectivity index (χ0v) is 11.4. The van der Waals surface area contributed by atoms with Gasteiger partial charge in [0.1, 0.15) is 5.76 Å². The van der Waals surface area contributed by atoms with Crippen molar-refractivity contribution in [1.29, 1.82) is 0 Å². The number of nitrogens with zero attached hydrogens (tertiary/aromatic N) is 1. The lowest BCUT2D eigenvalue weighted by Gasteiger charge is -2.30. The van der Waals surface area contributed by atoms with Gasteiger partial charge in [0.15, 0.2) is 0 Å². The first-order valence-corrected chi connectivity index (χ1v) is 6.80. The Morgan fingerprint density at radius 1 is 1.40 bits per heavy atom. The molecule has 0 fully saturated rings. The molecule has 0 bridgehead atoms. The lowest BCUT2D eigenvalue weighted by atomic mass is 10.0. The Morgan fingerprint density at radius 2 is 2.20 bits per heavy atom. The van der Waals surface area contributed by atoms with Crippen LogP contribution in [-0.2, 0) is 13.0 Å². The monoisotopic (exact) mass is 271 g/mol. The van der Waals surface area contributed by atoms with E-state index in [9.17, 15) is 4.79 Å². The number of fused-ring (bicyclic) bond motifs is 1. The number of anilines is 1. The number of carbonyl (C=O) groups is 1. The van der Waals surface area contributed by atoms with Crippen molar-refractivity contribution in [2.24, 2.45) is 0 Å². The molecule has 2 aromatic rings. The molecule has 0 amide bonds. The van der Waals surface area contributed by atoms with Gasteiger partial charge in [-0.15, -0.1) is 0 Å². The van der Waals surface area contributed by atoms with Crippen LogP contribution in [0.25, 0.3) is 0 Å². The van der Waals surface area contributed by atoms with Crippen molar-refractivity contribution in [3.05, 3.63) is 53.0 Å². The second kappa shape index (κ2) is 5.04. The van der Waals surface area contributed by atoms with Crippen LogP contribution in [0.5, 0.6) is 0 Å². The summed E-state index contributed by atoms with van der Waals surface area (Å²) in [6.07, 6.45) is 2.22. The molecule has 2 heterocycles. The van der Waals surface area contributed by atoms with Crippen molar-refractivity contribution in [1.82, 2.24) is 0 Å². The van der Waals surface area contributed by atoms with Gasteiger partial charge in [0.05, 0.1) is 6.54 Å². The highest BCUT2D eigenvalue weighted by Crippen LogP contribution is 2.28. The molecule has 1 aliphatic rings. The van der Waals surface area contributed by atoms with E-state index < -0.39 is 5.97 Å². The first-order valence-electron chi connectivity index (χ1n) is 6.80. The fourth-order valence-electron chi connectivity index (χ4n) is 2.80. The van der Waals surface area contributed by atoms with Crippen LogP contribution in [0.1, 0.15) is 33.9 Å². The maximum Gasteiger partial charge on any atom is 0.372 e. The molecule has 20 heavy (non-hydrogen) atoms. The van der Waals surface area contributed by atoms with Gasteiger partial charge in [-0.1, -0.05) is 18.2 Å². The van der Waals surface area contributed by atoms with Crippen LogP contribution in [-0.4, -0.2) is 17.6 Å². The Kier molecular flexibility index (Phi) is 3.22. The lowest BCUT2D eigenvalue weighted by molar-refractivity contribution is 0.0659. The highest BCUT2D eigenvalue weighted by molar-refractivity contribution is 5.86. The molecule has 1 N–H and O–H groups in total. The summed E-state index contributed by atoms with van der Waals surface area (Å²) in [4.78, 5) is 13.3. The summed E-state index contributed by atoms with van der Waals surface area (Å²) in [6, 6.07) is 10.2. The van der Waals surface area contributed by atoms with Crippen LogP contribution in [0.2, 0.25) is 0 Å². The number of carboxylic acids is 1. The number of benzene rings is 1. The van der Waals surface area contributed by atoms with E-state index in [1.165, 1.54) is 11.3 Å². The highest BCUT2D eigenvalue weighted by Gasteiger charge is 2.20. The normalized spacial score (nSPS) is 14.2. The first kappa shape index (κ1) is 12.8. The molecular formula is C16H17NO3. The molecule has 3 rings (SSSR count). The van der Waals surface area contributed by atoms with Gasteiger partial charge in [-0.05, 0) is 37.5 Å². The van der Waals surface area contributed by atoms with Gasteiger partial charge in [0, 0.05) is 17.8 Å². The van der Waals surface area contributed by atoms with Crippen LogP contribution in [0.15, 0.2) is 34.7 Å². The second-order valence-electron chi connectivity index (χ2n) is 5.18. The molecule has 4 nitrogen and oxygen atoms in total. The van der Waals surface area contributed by atoms with Crippen LogP contribution in [0, 0.1) is 6.92 Å². The van der Waals surface area contributed by atoms with Crippen molar-refractivity contribution < 1.29 is 14.3 Å². The Morgan fingerprint density at radius 3 is 2.95 bits per heavy atom. The topological polar surface area (TPSA) is 53.7 Å². The van der Waals surface area contributed by atoms with Crippen LogP contribution in [0.3, 0.4) is 0 Å². The van der Waals surface area contributed by atoms with E-state index >= 15 is 0 Å². The molecule has 0 unspecified atom stereocenters. The third kappa shape index (κ3) is 2.29. The van der Waals surface area contributed by atoms with E-state index in [1.54, 1.807) is 6.92 Å². The smallest absolute Gasteiger partial charge is 0.372 e. The van der Waals surface area contributed by atoms with Crippen LogP contribution < -0.4 is 4.90 Å². The summed E-state index contributed by atoms with van der Waals surface area (Å²) in [6.45, 7) is 3.35. The Labute approximate surface area is 117 Å². The zero-order chi connectivity index (χ0) is 14.1. The Bertz CT molecular complexity index is 645. The van der Waals surface area contributed by atoms with E-state index in [0.717, 1.165) is 19.4 Å². The fraction of sp³-hybridized carbons (Fsp3) is 0.312. The molecule has 0 radical (unpaired) electrons. The average Bonchev–Trinajstić information content (AvgIpc) is 2.80. The summed E-state index contributed by atoms with van der Waals surface area (Å²) in [5.74, 6) is -0.255. The third-order valence-electron chi connectivity index (χ3n) is 3.72. The molecule has 0 saturated carbocycles. The largest absolute Gasteiger partial charge is 0.475 e. The summed E-state index contributed by atoms with van der Waals surface area (Å²) >= 11 is 0. The van der Waals surface area contributed by atoms with Crippen molar-refractivity contribution in [2.75, 3.05) is 11.4 Å². The van der Waals surface area contributed by atoms with Crippen molar-refractivity contribution in [3.8, 4) is 0 Å². The predicted octanol–water partition coefficient (Wildman–Crippen LogP) is 3.24. The summed E-state index contributed by atoms with van der Waals surface area (Å²) in [7, 11) is 0. The van der Waals surface area contributed by atoms with Crippen LogP contribution in [0.4, 0.5) is 5.69 Å². The molecule has 0 aliphatic carbocycles. The minimum Gasteiger partial charge on any atom is -0.475 e. The fourth-order valence-corrected chi connectivity index (χ4v) is 2.80. The van der Waals surface area contributed by atoms with Crippen molar-refractivity contribution in [3.63, 3.8) is 0 Å². The van der Waals surface area contributed by atoms with Crippen molar-refractivity contribution in [2.45, 2.75) is 26.3 Å². The molecule has 0 saturated heterocycles. The molecule has 1 aliphatic heterocycles. The number of aryl methyl sites for hydroxylation is 2. The third-order valence-corrected chi connectivity index (χ3v) is 3.72. The number of aromatic carboxylic acids is 1. The zero-order valence-electron chi connectivity index (χ0n) is 11.4. The van der Waals surface area contributed by atoms with Gasteiger partial charge >= 0.3 is 5.97 Å².